The van der Waals surface area contributed by atoms with E-state index in [2.05, 4.69) is 0 Å². The first kappa shape index (κ1) is 12.5. The number of halogens is 2. The molecule has 0 unspecified atom stereocenters. The van der Waals surface area contributed by atoms with Gasteiger partial charge in [0.1, 0.15) is 0 Å². The maximum absolute atomic E-state index is 6.50. The normalized spacial score (nSPS) is 11.5. The van der Waals surface area contributed by atoms with Gasteiger partial charge in [-0.2, -0.15) is 0 Å². The molecule has 0 saturated heterocycles. The number of hydrogen-bond acceptors (Lipinski definition) is 0. The van der Waals surface area contributed by atoms with Gasteiger partial charge in [-0.15, -0.1) is 0 Å². The summed E-state index contributed by atoms with van der Waals surface area (Å²) in [5, 5.41) is 0. The molecule has 0 aliphatic carbocycles. The topological polar surface area (TPSA) is 0 Å². The Morgan fingerprint density at radius 2 is 1.18 bits per heavy atom. The van der Waals surface area contributed by atoms with Gasteiger partial charge in [0.15, 0.2) is 4.33 Å². The van der Waals surface area contributed by atoms with Crippen LogP contribution in [0.3, 0.4) is 0 Å². The zero-order valence-corrected chi connectivity index (χ0v) is 11.4. The van der Waals surface area contributed by atoms with Gasteiger partial charge in [-0.25, -0.2) is 0 Å². The third-order valence-corrected chi connectivity index (χ3v) is 3.63. The summed E-state index contributed by atoms with van der Waals surface area (Å²) in [6.45, 7) is 4.06. The van der Waals surface area contributed by atoms with Crippen LogP contribution in [0.1, 0.15) is 22.3 Å². The Balaban J connectivity index is 2.49. The van der Waals surface area contributed by atoms with E-state index < -0.39 is 4.33 Å². The number of alkyl halides is 2. The molecular weight excluding hydrogens is 251 g/mol. The minimum Gasteiger partial charge on any atom is -0.0909 e. The van der Waals surface area contributed by atoms with E-state index in [9.17, 15) is 0 Å². The van der Waals surface area contributed by atoms with Gasteiger partial charge < -0.3 is 0 Å². The molecule has 0 radical (unpaired) electrons. The molecule has 0 atom stereocenters. The second kappa shape index (κ2) is 4.72. The van der Waals surface area contributed by atoms with Crippen LogP contribution in [0.4, 0.5) is 0 Å². The average Bonchev–Trinajstić information content (AvgIpc) is 2.29. The largest absolute Gasteiger partial charge is 0.168 e. The molecule has 0 spiro atoms. The van der Waals surface area contributed by atoms with Crippen molar-refractivity contribution < 1.29 is 0 Å². The molecule has 2 heteroatoms. The summed E-state index contributed by atoms with van der Waals surface area (Å²) < 4.78 is -0.988. The number of hydrogen-bond donors (Lipinski definition) is 0. The van der Waals surface area contributed by atoms with E-state index in [0.29, 0.717) is 0 Å². The van der Waals surface area contributed by atoms with Crippen LogP contribution >= 0.6 is 23.2 Å². The van der Waals surface area contributed by atoms with Gasteiger partial charge in [-0.1, -0.05) is 82.9 Å². The Kier molecular flexibility index (Phi) is 3.46. The Morgan fingerprint density at radius 3 is 1.53 bits per heavy atom. The van der Waals surface area contributed by atoms with E-state index in [1.54, 1.807) is 0 Å². The maximum atomic E-state index is 6.50. The molecule has 0 aromatic heterocycles. The van der Waals surface area contributed by atoms with Gasteiger partial charge in [-0.05, 0) is 25.0 Å². The number of aryl methyl sites for hydroxylation is 2. The third kappa shape index (κ3) is 2.65. The zero-order chi connectivity index (χ0) is 12.5. The van der Waals surface area contributed by atoms with Crippen LogP contribution in [-0.4, -0.2) is 0 Å². The quantitative estimate of drug-likeness (QED) is 0.671. The Bertz CT molecular complexity index is 482. The predicted octanol–water partition coefficient (Wildman–Crippen LogP) is 4.98. The van der Waals surface area contributed by atoms with Crippen molar-refractivity contribution in [2.45, 2.75) is 18.2 Å². The summed E-state index contributed by atoms with van der Waals surface area (Å²) >= 11 is 13.0. The first-order valence-electron chi connectivity index (χ1n) is 5.52. The monoisotopic (exact) mass is 264 g/mol. The molecule has 0 nitrogen and oxygen atoms in total. The average molecular weight is 265 g/mol. The minimum atomic E-state index is -0.988. The molecule has 2 rings (SSSR count). The summed E-state index contributed by atoms with van der Waals surface area (Å²) in [5.74, 6) is 0. The fourth-order valence-corrected chi connectivity index (χ4v) is 2.32. The van der Waals surface area contributed by atoms with Crippen molar-refractivity contribution in [3.63, 3.8) is 0 Å². The van der Waals surface area contributed by atoms with Gasteiger partial charge in [-0.3, -0.25) is 0 Å². The Morgan fingerprint density at radius 1 is 0.765 bits per heavy atom. The third-order valence-electron chi connectivity index (χ3n) is 2.76. The van der Waals surface area contributed by atoms with Crippen molar-refractivity contribution >= 4 is 23.2 Å². The van der Waals surface area contributed by atoms with Crippen LogP contribution in [-0.2, 0) is 4.33 Å². The van der Waals surface area contributed by atoms with E-state index in [1.165, 1.54) is 0 Å². The van der Waals surface area contributed by atoms with Crippen LogP contribution in [0.25, 0.3) is 0 Å². The highest BCUT2D eigenvalue weighted by molar-refractivity contribution is 6.50. The van der Waals surface area contributed by atoms with Crippen LogP contribution in [0.5, 0.6) is 0 Å². The molecule has 0 aliphatic heterocycles. The van der Waals surface area contributed by atoms with Gasteiger partial charge in [0.25, 0.3) is 0 Å². The van der Waals surface area contributed by atoms with E-state index in [0.717, 1.165) is 22.3 Å². The van der Waals surface area contributed by atoms with Crippen LogP contribution in [0.2, 0.25) is 0 Å². The molecule has 0 bridgehead atoms. The molecule has 2 aromatic rings. The van der Waals surface area contributed by atoms with Crippen molar-refractivity contribution in [3.05, 3.63) is 70.8 Å². The molecule has 88 valence electrons. The molecule has 0 N–H and O–H groups in total. The lowest BCUT2D eigenvalue weighted by Crippen LogP contribution is -2.12. The van der Waals surface area contributed by atoms with Gasteiger partial charge >= 0.3 is 0 Å². The lowest BCUT2D eigenvalue weighted by Gasteiger charge is -2.21. The number of rotatable bonds is 2. The lowest BCUT2D eigenvalue weighted by molar-refractivity contribution is 1.03. The van der Waals surface area contributed by atoms with Crippen molar-refractivity contribution in [1.29, 1.82) is 0 Å². The summed E-state index contributed by atoms with van der Waals surface area (Å²) in [5.41, 5.74) is 4.12. The second-order valence-corrected chi connectivity index (χ2v) is 5.64. The summed E-state index contributed by atoms with van der Waals surface area (Å²) in [6.07, 6.45) is 0. The molecule has 2 aromatic carbocycles. The van der Waals surface area contributed by atoms with Gasteiger partial charge in [0.05, 0.1) is 0 Å². The van der Waals surface area contributed by atoms with Gasteiger partial charge in [0.2, 0.25) is 0 Å². The zero-order valence-electron chi connectivity index (χ0n) is 9.87. The van der Waals surface area contributed by atoms with E-state index in [1.807, 2.05) is 62.4 Å². The highest BCUT2D eigenvalue weighted by Crippen LogP contribution is 2.41. The predicted molar refractivity (Wildman–Crippen MR) is 74.8 cm³/mol. The summed E-state index contributed by atoms with van der Waals surface area (Å²) in [4.78, 5) is 0. The van der Waals surface area contributed by atoms with Crippen molar-refractivity contribution in [2.75, 3.05) is 0 Å². The van der Waals surface area contributed by atoms with Crippen molar-refractivity contribution in [3.8, 4) is 0 Å². The fraction of sp³-hybridized carbons (Fsp3) is 0.200. The highest BCUT2D eigenvalue weighted by atomic mass is 35.5. The molecule has 0 aliphatic rings. The second-order valence-electron chi connectivity index (χ2n) is 4.31. The molecule has 0 amide bonds. The first-order valence-corrected chi connectivity index (χ1v) is 6.28. The Hall–Kier alpha value is -0.980. The lowest BCUT2D eigenvalue weighted by atomic mass is 10.0. The van der Waals surface area contributed by atoms with E-state index in [-0.39, 0.29) is 0 Å². The molecule has 0 saturated carbocycles. The minimum absolute atomic E-state index is 0.909. The van der Waals surface area contributed by atoms with Gasteiger partial charge in [0, 0.05) is 0 Å². The summed E-state index contributed by atoms with van der Waals surface area (Å²) in [7, 11) is 0. The summed E-state index contributed by atoms with van der Waals surface area (Å²) in [6, 6.07) is 15.9. The van der Waals surface area contributed by atoms with Crippen molar-refractivity contribution in [1.82, 2.24) is 0 Å². The molecule has 17 heavy (non-hydrogen) atoms. The molecular formula is C15H14Cl2. The smallest absolute Gasteiger partial charge is 0.0909 e. The molecule has 0 fully saturated rings. The highest BCUT2D eigenvalue weighted by Gasteiger charge is 2.28. The SMILES string of the molecule is Cc1cccc(C(Cl)(Cl)c2cccc(C)c2)c1. The van der Waals surface area contributed by atoms with Crippen LogP contribution < -0.4 is 0 Å². The van der Waals surface area contributed by atoms with Crippen LogP contribution in [0.15, 0.2) is 48.5 Å². The Labute approximate surface area is 112 Å². The maximum Gasteiger partial charge on any atom is 0.168 e. The molecule has 0 heterocycles. The fourth-order valence-electron chi connectivity index (χ4n) is 1.85. The number of benzene rings is 2. The standard InChI is InChI=1S/C15H14Cl2/c1-11-5-3-7-13(9-11)15(16,17)14-8-4-6-12(2)10-14/h3-10H,1-2H3. The van der Waals surface area contributed by atoms with E-state index >= 15 is 0 Å². The first-order chi connectivity index (χ1) is 8.00. The van der Waals surface area contributed by atoms with E-state index in [4.69, 9.17) is 23.2 Å². The van der Waals surface area contributed by atoms with Crippen molar-refractivity contribution in [2.24, 2.45) is 0 Å². The van der Waals surface area contributed by atoms with Crippen LogP contribution in [0, 0.1) is 13.8 Å².